The zero-order valence-electron chi connectivity index (χ0n) is 15.2. The predicted molar refractivity (Wildman–Crippen MR) is 104 cm³/mol. The second kappa shape index (κ2) is 7.74. The smallest absolute Gasteiger partial charge is 0.127 e. The number of ether oxygens (including phenoxy) is 3. The highest BCUT2D eigenvalue weighted by molar-refractivity contribution is 5.93. The molecule has 0 radical (unpaired) electrons. The first kappa shape index (κ1) is 17.5. The standard InChI is InChI=1S/C20H21N3O3/c1-13-9-19(17-11-16(25-3)5-7-18(17)22-13)23-21-12-14-10-15(24-2)6-8-20(14)26-4/h5-12H,1-4H3,(H,22,23)/b21-12+. The molecular weight excluding hydrogens is 330 g/mol. The number of hydrogen-bond donors (Lipinski definition) is 1. The summed E-state index contributed by atoms with van der Waals surface area (Å²) in [5.74, 6) is 2.22. The molecule has 0 amide bonds. The molecule has 0 saturated heterocycles. The monoisotopic (exact) mass is 351 g/mol. The third-order valence-electron chi connectivity index (χ3n) is 3.97. The molecule has 0 atom stereocenters. The van der Waals surface area contributed by atoms with Gasteiger partial charge in [-0.3, -0.25) is 10.4 Å². The van der Waals surface area contributed by atoms with Crippen LogP contribution < -0.4 is 19.6 Å². The van der Waals surface area contributed by atoms with E-state index in [0.717, 1.165) is 39.3 Å². The Balaban J connectivity index is 1.93. The number of anilines is 1. The third kappa shape index (κ3) is 3.69. The fourth-order valence-electron chi connectivity index (χ4n) is 2.67. The van der Waals surface area contributed by atoms with Gasteiger partial charge in [0.15, 0.2) is 0 Å². The van der Waals surface area contributed by atoms with Gasteiger partial charge in [0, 0.05) is 16.6 Å². The maximum atomic E-state index is 5.37. The van der Waals surface area contributed by atoms with Gasteiger partial charge in [-0.05, 0) is 49.4 Å². The number of benzene rings is 2. The van der Waals surface area contributed by atoms with Crippen LogP contribution in [0.2, 0.25) is 0 Å². The molecule has 26 heavy (non-hydrogen) atoms. The van der Waals surface area contributed by atoms with Crippen LogP contribution in [0.15, 0.2) is 47.6 Å². The summed E-state index contributed by atoms with van der Waals surface area (Å²) in [5.41, 5.74) is 6.54. The zero-order chi connectivity index (χ0) is 18.5. The van der Waals surface area contributed by atoms with Crippen LogP contribution >= 0.6 is 0 Å². The number of aryl methyl sites for hydroxylation is 1. The van der Waals surface area contributed by atoms with E-state index in [0.29, 0.717) is 5.75 Å². The molecule has 3 rings (SSSR count). The molecule has 0 aliphatic rings. The second-order valence-electron chi connectivity index (χ2n) is 5.67. The number of rotatable bonds is 6. The average Bonchev–Trinajstić information content (AvgIpc) is 2.67. The van der Waals surface area contributed by atoms with Crippen LogP contribution in [0.25, 0.3) is 10.9 Å². The first-order valence-electron chi connectivity index (χ1n) is 8.11. The number of hydrogen-bond acceptors (Lipinski definition) is 6. The van der Waals surface area contributed by atoms with Crippen LogP contribution in [-0.4, -0.2) is 32.5 Å². The fourth-order valence-corrected chi connectivity index (χ4v) is 2.67. The maximum Gasteiger partial charge on any atom is 0.127 e. The Bertz CT molecular complexity index is 954. The van der Waals surface area contributed by atoms with E-state index in [4.69, 9.17) is 14.2 Å². The lowest BCUT2D eigenvalue weighted by Crippen LogP contribution is -1.97. The summed E-state index contributed by atoms with van der Waals surface area (Å²) in [6.07, 6.45) is 1.70. The summed E-state index contributed by atoms with van der Waals surface area (Å²) in [5, 5.41) is 5.30. The van der Waals surface area contributed by atoms with E-state index in [9.17, 15) is 0 Å². The summed E-state index contributed by atoms with van der Waals surface area (Å²) in [6.45, 7) is 1.95. The molecule has 0 bridgehead atoms. The van der Waals surface area contributed by atoms with Crippen LogP contribution in [0.5, 0.6) is 17.2 Å². The van der Waals surface area contributed by atoms with Crippen LogP contribution in [0, 0.1) is 6.92 Å². The Labute approximate surface area is 152 Å². The summed E-state index contributed by atoms with van der Waals surface area (Å²) < 4.78 is 15.9. The Morgan fingerprint density at radius 3 is 2.38 bits per heavy atom. The third-order valence-corrected chi connectivity index (χ3v) is 3.97. The van der Waals surface area contributed by atoms with Crippen LogP contribution in [-0.2, 0) is 0 Å². The first-order valence-corrected chi connectivity index (χ1v) is 8.11. The molecule has 0 fully saturated rings. The largest absolute Gasteiger partial charge is 0.497 e. The molecule has 1 heterocycles. The lowest BCUT2D eigenvalue weighted by atomic mass is 10.1. The molecule has 0 saturated carbocycles. The highest BCUT2D eigenvalue weighted by Crippen LogP contribution is 2.27. The molecule has 0 aliphatic heterocycles. The van der Waals surface area contributed by atoms with E-state index < -0.39 is 0 Å². The number of hydrazone groups is 1. The molecule has 0 unspecified atom stereocenters. The number of nitrogens with zero attached hydrogens (tertiary/aromatic N) is 2. The van der Waals surface area contributed by atoms with Gasteiger partial charge in [0.1, 0.15) is 17.2 Å². The van der Waals surface area contributed by atoms with Gasteiger partial charge in [-0.25, -0.2) is 0 Å². The summed E-state index contributed by atoms with van der Waals surface area (Å²) in [7, 11) is 4.89. The van der Waals surface area contributed by atoms with E-state index >= 15 is 0 Å². The lowest BCUT2D eigenvalue weighted by molar-refractivity contribution is 0.402. The van der Waals surface area contributed by atoms with E-state index in [1.807, 2.05) is 49.4 Å². The van der Waals surface area contributed by atoms with Crippen molar-refractivity contribution in [1.29, 1.82) is 0 Å². The number of methoxy groups -OCH3 is 3. The van der Waals surface area contributed by atoms with Crippen molar-refractivity contribution in [3.8, 4) is 17.2 Å². The van der Waals surface area contributed by atoms with Crippen LogP contribution in [0.1, 0.15) is 11.3 Å². The van der Waals surface area contributed by atoms with E-state index in [-0.39, 0.29) is 0 Å². The highest BCUT2D eigenvalue weighted by Gasteiger charge is 2.06. The van der Waals surface area contributed by atoms with Crippen LogP contribution in [0.3, 0.4) is 0 Å². The number of pyridine rings is 1. The molecule has 0 aliphatic carbocycles. The highest BCUT2D eigenvalue weighted by atomic mass is 16.5. The summed E-state index contributed by atoms with van der Waals surface area (Å²) in [4.78, 5) is 4.54. The Morgan fingerprint density at radius 1 is 0.923 bits per heavy atom. The quantitative estimate of drug-likeness (QED) is 0.537. The molecule has 1 aromatic heterocycles. The first-order chi connectivity index (χ1) is 12.6. The van der Waals surface area contributed by atoms with Crippen molar-refractivity contribution in [2.75, 3.05) is 26.8 Å². The van der Waals surface area contributed by atoms with Gasteiger partial charge < -0.3 is 14.2 Å². The minimum Gasteiger partial charge on any atom is -0.497 e. The average molecular weight is 351 g/mol. The molecule has 6 heteroatoms. The second-order valence-corrected chi connectivity index (χ2v) is 5.67. The van der Waals surface area contributed by atoms with Gasteiger partial charge in [-0.2, -0.15) is 5.10 Å². The Kier molecular flexibility index (Phi) is 5.22. The van der Waals surface area contributed by atoms with Crippen molar-refractivity contribution >= 4 is 22.8 Å². The summed E-state index contributed by atoms with van der Waals surface area (Å²) in [6, 6.07) is 13.3. The van der Waals surface area contributed by atoms with Crippen molar-refractivity contribution in [3.63, 3.8) is 0 Å². The maximum absolute atomic E-state index is 5.37. The van der Waals surface area contributed by atoms with Gasteiger partial charge in [0.2, 0.25) is 0 Å². The van der Waals surface area contributed by atoms with Crippen molar-refractivity contribution in [3.05, 3.63) is 53.7 Å². The SMILES string of the molecule is COc1ccc(OC)c(/C=N/Nc2cc(C)nc3ccc(OC)cc23)c1. The normalized spacial score (nSPS) is 10.9. The molecule has 2 aromatic carbocycles. The lowest BCUT2D eigenvalue weighted by Gasteiger charge is -2.09. The molecule has 134 valence electrons. The summed E-state index contributed by atoms with van der Waals surface area (Å²) >= 11 is 0. The van der Waals surface area contributed by atoms with Crippen molar-refractivity contribution in [2.24, 2.45) is 5.10 Å². The van der Waals surface area contributed by atoms with Gasteiger partial charge in [0.25, 0.3) is 0 Å². The van der Waals surface area contributed by atoms with Crippen molar-refractivity contribution in [1.82, 2.24) is 4.98 Å². The van der Waals surface area contributed by atoms with Gasteiger partial charge in [-0.15, -0.1) is 0 Å². The minimum absolute atomic E-state index is 0.716. The van der Waals surface area contributed by atoms with Crippen LogP contribution in [0.4, 0.5) is 5.69 Å². The zero-order valence-corrected chi connectivity index (χ0v) is 15.2. The Morgan fingerprint density at radius 2 is 1.65 bits per heavy atom. The number of fused-ring (bicyclic) bond motifs is 1. The minimum atomic E-state index is 0.716. The number of aromatic nitrogens is 1. The molecule has 6 nitrogen and oxygen atoms in total. The van der Waals surface area contributed by atoms with Crippen molar-refractivity contribution in [2.45, 2.75) is 6.92 Å². The molecule has 0 spiro atoms. The van der Waals surface area contributed by atoms with Gasteiger partial charge >= 0.3 is 0 Å². The van der Waals surface area contributed by atoms with E-state index in [2.05, 4.69) is 15.5 Å². The van der Waals surface area contributed by atoms with E-state index in [1.165, 1.54) is 0 Å². The molecular formula is C20H21N3O3. The van der Waals surface area contributed by atoms with Crippen molar-refractivity contribution < 1.29 is 14.2 Å². The fraction of sp³-hybridized carbons (Fsp3) is 0.200. The van der Waals surface area contributed by atoms with Gasteiger partial charge in [0.05, 0.1) is 38.7 Å². The number of nitrogens with one attached hydrogen (secondary N) is 1. The predicted octanol–water partition coefficient (Wildman–Crippen LogP) is 4.02. The molecule has 1 N–H and O–H groups in total. The Hall–Kier alpha value is -3.28. The van der Waals surface area contributed by atoms with Gasteiger partial charge in [-0.1, -0.05) is 0 Å². The molecule has 3 aromatic rings. The van der Waals surface area contributed by atoms with E-state index in [1.54, 1.807) is 27.5 Å². The topological polar surface area (TPSA) is 65.0 Å².